The molecule has 2 heterocycles. The molecule has 0 saturated heterocycles. The smallest absolute Gasteiger partial charge is 0.270 e. The number of aryl methyl sites for hydroxylation is 2. The summed E-state index contributed by atoms with van der Waals surface area (Å²) in [6, 6.07) is 8.84. The number of nitrogens with two attached hydrogens (primary N) is 1. The van der Waals surface area contributed by atoms with Crippen LogP contribution in [-0.2, 0) is 11.2 Å². The minimum atomic E-state index is -0.892. The van der Waals surface area contributed by atoms with E-state index >= 15 is 0 Å². The lowest BCUT2D eigenvalue weighted by Crippen LogP contribution is -2.46. The molecule has 2 amide bonds. The van der Waals surface area contributed by atoms with Crippen LogP contribution in [0.25, 0.3) is 5.65 Å². The van der Waals surface area contributed by atoms with E-state index in [0.29, 0.717) is 5.65 Å². The number of aromatic hydroxyl groups is 1. The lowest BCUT2D eigenvalue weighted by molar-refractivity contribution is -0.119. The van der Waals surface area contributed by atoms with Crippen molar-refractivity contribution >= 4 is 17.5 Å². The Balaban J connectivity index is 1.81. The van der Waals surface area contributed by atoms with Crippen LogP contribution in [0.3, 0.4) is 0 Å². The minimum absolute atomic E-state index is 0.123. The maximum Gasteiger partial charge on any atom is 0.270 e. The Labute approximate surface area is 149 Å². The van der Waals surface area contributed by atoms with Crippen LogP contribution in [-0.4, -0.2) is 37.6 Å². The van der Waals surface area contributed by atoms with Crippen molar-refractivity contribution in [3.63, 3.8) is 0 Å². The minimum Gasteiger partial charge on any atom is -0.508 e. The first-order valence-electron chi connectivity index (χ1n) is 8.05. The molecule has 0 unspecified atom stereocenters. The molecule has 134 valence electrons. The van der Waals surface area contributed by atoms with Crippen LogP contribution in [0.5, 0.6) is 5.75 Å². The van der Waals surface area contributed by atoms with Gasteiger partial charge >= 0.3 is 0 Å². The van der Waals surface area contributed by atoms with Crippen molar-refractivity contribution in [1.29, 1.82) is 0 Å². The van der Waals surface area contributed by atoms with Crippen LogP contribution in [0.1, 0.15) is 27.4 Å². The van der Waals surface area contributed by atoms with Gasteiger partial charge in [-0.2, -0.15) is 5.10 Å². The predicted molar refractivity (Wildman–Crippen MR) is 94.7 cm³/mol. The molecule has 1 atom stereocenters. The normalized spacial score (nSPS) is 12.1. The molecule has 8 heteroatoms. The number of fused-ring (bicyclic) bond motifs is 1. The molecule has 3 rings (SSSR count). The van der Waals surface area contributed by atoms with E-state index in [1.807, 2.05) is 13.8 Å². The van der Waals surface area contributed by atoms with E-state index in [-0.39, 0.29) is 17.9 Å². The van der Waals surface area contributed by atoms with Gasteiger partial charge in [-0.3, -0.25) is 9.59 Å². The van der Waals surface area contributed by atoms with E-state index < -0.39 is 17.9 Å². The molecule has 0 bridgehead atoms. The van der Waals surface area contributed by atoms with Gasteiger partial charge in [0.05, 0.1) is 5.69 Å². The molecule has 0 aliphatic heterocycles. The maximum atomic E-state index is 12.6. The summed E-state index contributed by atoms with van der Waals surface area (Å²) in [5, 5.41) is 16.3. The van der Waals surface area contributed by atoms with E-state index in [9.17, 15) is 14.7 Å². The lowest BCUT2D eigenvalue weighted by Gasteiger charge is -2.15. The molecule has 4 N–H and O–H groups in total. The average Bonchev–Trinajstić information content (AvgIpc) is 2.97. The zero-order valence-corrected chi connectivity index (χ0v) is 14.4. The van der Waals surface area contributed by atoms with Crippen molar-refractivity contribution in [1.82, 2.24) is 19.9 Å². The van der Waals surface area contributed by atoms with Crippen molar-refractivity contribution in [2.75, 3.05) is 0 Å². The summed E-state index contributed by atoms with van der Waals surface area (Å²) in [4.78, 5) is 28.6. The Bertz CT molecular complexity index is 978. The van der Waals surface area contributed by atoms with Gasteiger partial charge in [0.15, 0.2) is 5.65 Å². The van der Waals surface area contributed by atoms with Crippen molar-refractivity contribution in [3.8, 4) is 5.75 Å². The third-order valence-corrected chi connectivity index (χ3v) is 3.98. The van der Waals surface area contributed by atoms with Crippen LogP contribution in [0, 0.1) is 13.8 Å². The zero-order valence-electron chi connectivity index (χ0n) is 14.4. The van der Waals surface area contributed by atoms with Crippen molar-refractivity contribution in [2.24, 2.45) is 5.73 Å². The number of phenols is 1. The predicted octanol–water partition coefficient (Wildman–Crippen LogP) is 0.878. The molecular formula is C18H19N5O3. The molecule has 0 fully saturated rings. The largest absolute Gasteiger partial charge is 0.508 e. The summed E-state index contributed by atoms with van der Waals surface area (Å²) in [5.41, 5.74) is 8.48. The first kappa shape index (κ1) is 17.4. The number of nitrogens with one attached hydrogen (secondary N) is 1. The molecular weight excluding hydrogens is 334 g/mol. The number of primary amides is 1. The van der Waals surface area contributed by atoms with Gasteiger partial charge in [0.2, 0.25) is 5.91 Å². The van der Waals surface area contributed by atoms with Crippen molar-refractivity contribution in [3.05, 3.63) is 59.0 Å². The highest BCUT2D eigenvalue weighted by Gasteiger charge is 2.21. The van der Waals surface area contributed by atoms with Crippen molar-refractivity contribution < 1.29 is 14.7 Å². The number of rotatable bonds is 5. The summed E-state index contributed by atoms with van der Waals surface area (Å²) in [5.74, 6) is -1.01. The Morgan fingerprint density at radius 2 is 1.92 bits per heavy atom. The molecule has 0 radical (unpaired) electrons. The number of carbonyl (C=O) groups is 2. The molecule has 0 aliphatic rings. The number of benzene rings is 1. The number of phenolic OH excluding ortho intramolecular Hbond substituents is 1. The monoisotopic (exact) mass is 353 g/mol. The van der Waals surface area contributed by atoms with Crippen LogP contribution in [0.15, 0.2) is 36.4 Å². The summed E-state index contributed by atoms with van der Waals surface area (Å²) in [6.07, 6.45) is 0.217. The van der Waals surface area contributed by atoms with Crippen LogP contribution < -0.4 is 11.1 Å². The second kappa shape index (κ2) is 6.83. The van der Waals surface area contributed by atoms with Gasteiger partial charge in [-0.25, -0.2) is 9.50 Å². The summed E-state index contributed by atoms with van der Waals surface area (Å²) in [6.45, 7) is 3.66. The Morgan fingerprint density at radius 3 is 2.58 bits per heavy atom. The molecule has 26 heavy (non-hydrogen) atoms. The topological polar surface area (TPSA) is 123 Å². The first-order valence-corrected chi connectivity index (χ1v) is 8.05. The number of carbonyl (C=O) groups excluding carboxylic acids is 2. The van der Waals surface area contributed by atoms with Gasteiger partial charge in [0, 0.05) is 18.2 Å². The third kappa shape index (κ3) is 3.64. The third-order valence-electron chi connectivity index (χ3n) is 3.98. The van der Waals surface area contributed by atoms with Gasteiger partial charge in [-0.15, -0.1) is 0 Å². The highest BCUT2D eigenvalue weighted by Crippen LogP contribution is 2.12. The Kier molecular flexibility index (Phi) is 4.57. The van der Waals surface area contributed by atoms with Crippen LogP contribution >= 0.6 is 0 Å². The van der Waals surface area contributed by atoms with Gasteiger partial charge < -0.3 is 16.2 Å². The van der Waals surface area contributed by atoms with Gasteiger partial charge in [-0.1, -0.05) is 12.1 Å². The molecule has 1 aromatic carbocycles. The highest BCUT2D eigenvalue weighted by atomic mass is 16.3. The molecule has 2 aromatic heterocycles. The van der Waals surface area contributed by atoms with E-state index in [4.69, 9.17) is 5.73 Å². The highest BCUT2D eigenvalue weighted by molar-refractivity contribution is 5.96. The van der Waals surface area contributed by atoms with E-state index in [1.165, 1.54) is 12.1 Å². The van der Waals surface area contributed by atoms with Gasteiger partial charge in [-0.05, 0) is 37.6 Å². The summed E-state index contributed by atoms with van der Waals surface area (Å²) in [7, 11) is 0. The zero-order chi connectivity index (χ0) is 18.8. The van der Waals surface area contributed by atoms with Crippen LogP contribution in [0.2, 0.25) is 0 Å². The van der Waals surface area contributed by atoms with Crippen molar-refractivity contribution in [2.45, 2.75) is 26.3 Å². The number of hydrogen-bond acceptors (Lipinski definition) is 5. The second-order valence-corrected chi connectivity index (χ2v) is 6.14. The first-order chi connectivity index (χ1) is 12.3. The fraction of sp³-hybridized carbons (Fsp3) is 0.222. The Hall–Kier alpha value is -3.42. The number of aromatic nitrogens is 3. The maximum absolute atomic E-state index is 12.6. The van der Waals surface area contributed by atoms with E-state index in [2.05, 4.69) is 15.4 Å². The van der Waals surface area contributed by atoms with Gasteiger partial charge in [0.1, 0.15) is 17.5 Å². The van der Waals surface area contributed by atoms with E-state index in [0.717, 1.165) is 17.0 Å². The van der Waals surface area contributed by atoms with E-state index in [1.54, 1.807) is 28.8 Å². The number of nitrogens with zero attached hydrogens (tertiary/aromatic N) is 3. The quantitative estimate of drug-likeness (QED) is 0.628. The lowest BCUT2D eigenvalue weighted by atomic mass is 10.1. The van der Waals surface area contributed by atoms with Gasteiger partial charge in [0.25, 0.3) is 5.91 Å². The molecule has 0 aliphatic carbocycles. The average molecular weight is 353 g/mol. The molecule has 8 nitrogen and oxygen atoms in total. The standard InChI is InChI=1S/C18H19N5O3/c1-10-7-16-20-15(8-11(2)23(16)22-10)18(26)21-14(17(19)25)9-12-3-5-13(24)6-4-12/h3-8,14,24H,9H2,1-2H3,(H2,19,25)(H,21,26)/t14-/m0/s1. The number of hydrogen-bond donors (Lipinski definition) is 3. The second-order valence-electron chi connectivity index (χ2n) is 6.14. The number of amides is 2. The van der Waals surface area contributed by atoms with Crippen LogP contribution in [0.4, 0.5) is 0 Å². The molecule has 0 saturated carbocycles. The fourth-order valence-corrected chi connectivity index (χ4v) is 2.68. The molecule has 3 aromatic rings. The SMILES string of the molecule is Cc1cc2nc(C(=O)N[C@@H](Cc3ccc(O)cc3)C(N)=O)cc(C)n2n1. The summed E-state index contributed by atoms with van der Waals surface area (Å²) >= 11 is 0. The fourth-order valence-electron chi connectivity index (χ4n) is 2.68. The molecule has 0 spiro atoms. The Morgan fingerprint density at radius 1 is 1.23 bits per heavy atom. The summed E-state index contributed by atoms with van der Waals surface area (Å²) < 4.78 is 1.65.